The zero-order chi connectivity index (χ0) is 17.8. The molecule has 25 heavy (non-hydrogen) atoms. The Bertz CT molecular complexity index is 659. The van der Waals surface area contributed by atoms with Gasteiger partial charge in [-0.2, -0.15) is 0 Å². The number of aliphatic hydroxyl groups is 1. The number of rotatable bonds is 5. The number of benzene rings is 2. The summed E-state index contributed by atoms with van der Waals surface area (Å²) in [6.07, 6.45) is -0.886. The summed E-state index contributed by atoms with van der Waals surface area (Å²) in [6.45, 7) is 6.57. The average molecular weight is 359 g/mol. The Hall–Kier alpha value is -1.33. The third kappa shape index (κ3) is 4.64. The second-order valence-corrected chi connectivity index (χ2v) is 7.92. The minimum absolute atomic E-state index is 0.00964. The summed E-state index contributed by atoms with van der Waals surface area (Å²) in [5, 5.41) is 10.4. The normalized spacial score (nSPS) is 29.5. The summed E-state index contributed by atoms with van der Waals surface area (Å²) >= 11 is 1.67. The molecule has 5 atom stereocenters. The predicted molar refractivity (Wildman–Crippen MR) is 102 cm³/mol. The molecule has 3 rings (SSSR count). The van der Waals surface area contributed by atoms with E-state index in [0.717, 1.165) is 10.5 Å². The van der Waals surface area contributed by atoms with E-state index >= 15 is 0 Å². The van der Waals surface area contributed by atoms with Crippen molar-refractivity contribution in [2.24, 2.45) is 5.92 Å². The lowest BCUT2D eigenvalue weighted by Gasteiger charge is -2.42. The quantitative estimate of drug-likeness (QED) is 0.859. The second-order valence-electron chi connectivity index (χ2n) is 6.75. The molecule has 1 N–H and O–H groups in total. The summed E-state index contributed by atoms with van der Waals surface area (Å²) < 4.78 is 12.3. The monoisotopic (exact) mass is 358 g/mol. The maximum absolute atomic E-state index is 10.4. The third-order valence-electron chi connectivity index (χ3n) is 4.71. The molecule has 4 heteroatoms. The van der Waals surface area contributed by atoms with Gasteiger partial charge in [-0.3, -0.25) is 0 Å². The van der Waals surface area contributed by atoms with Crippen molar-refractivity contribution in [3.8, 4) is 0 Å². The first-order valence-corrected chi connectivity index (χ1v) is 9.65. The molecule has 1 heterocycles. The van der Waals surface area contributed by atoms with E-state index in [9.17, 15) is 5.11 Å². The van der Waals surface area contributed by atoms with Gasteiger partial charge in [-0.1, -0.05) is 66.7 Å². The van der Waals surface area contributed by atoms with Gasteiger partial charge in [-0.25, -0.2) is 0 Å². The van der Waals surface area contributed by atoms with Gasteiger partial charge >= 0.3 is 0 Å². The molecule has 2 aromatic carbocycles. The second kappa shape index (κ2) is 8.37. The smallest absolute Gasteiger partial charge is 0.134 e. The first-order chi connectivity index (χ1) is 12.0. The van der Waals surface area contributed by atoms with Crippen molar-refractivity contribution in [3.05, 3.63) is 65.7 Å². The highest BCUT2D eigenvalue weighted by Crippen LogP contribution is 2.37. The van der Waals surface area contributed by atoms with Crippen LogP contribution in [-0.4, -0.2) is 28.9 Å². The largest absolute Gasteiger partial charge is 0.390 e. The predicted octanol–water partition coefficient (Wildman–Crippen LogP) is 4.41. The molecule has 0 spiro atoms. The fourth-order valence-electron chi connectivity index (χ4n) is 3.08. The highest BCUT2D eigenvalue weighted by atomic mass is 32.2. The fourth-order valence-corrected chi connectivity index (χ4v) is 4.33. The highest BCUT2D eigenvalue weighted by molar-refractivity contribution is 7.99. The average Bonchev–Trinajstić information content (AvgIpc) is 2.62. The Labute approximate surface area is 154 Å². The fraction of sp³-hybridized carbons (Fsp3) is 0.429. The molecule has 0 radical (unpaired) electrons. The summed E-state index contributed by atoms with van der Waals surface area (Å²) in [7, 11) is 0. The molecule has 3 nitrogen and oxygen atoms in total. The molecule has 0 saturated carbocycles. The molecule has 0 amide bonds. The molecule has 0 aromatic heterocycles. The first kappa shape index (κ1) is 18.5. The maximum Gasteiger partial charge on any atom is 0.134 e. The first-order valence-electron chi connectivity index (χ1n) is 8.77. The van der Waals surface area contributed by atoms with Gasteiger partial charge in [0.25, 0.3) is 0 Å². The molecular formula is C21H26O3S. The Balaban J connectivity index is 1.73. The lowest BCUT2D eigenvalue weighted by atomic mass is 9.92. The molecule has 1 aliphatic rings. The third-order valence-corrected chi connectivity index (χ3v) is 5.87. The topological polar surface area (TPSA) is 38.7 Å². The van der Waals surface area contributed by atoms with E-state index in [1.807, 2.05) is 32.0 Å². The number of ether oxygens (including phenoxy) is 2. The summed E-state index contributed by atoms with van der Waals surface area (Å²) in [5.41, 5.74) is 2.23. The zero-order valence-corrected chi connectivity index (χ0v) is 15.8. The molecule has 0 bridgehead atoms. The van der Waals surface area contributed by atoms with Gasteiger partial charge in [0.1, 0.15) is 5.44 Å². The van der Waals surface area contributed by atoms with Crippen molar-refractivity contribution < 1.29 is 14.6 Å². The Morgan fingerprint density at radius 3 is 2.40 bits per heavy atom. The van der Waals surface area contributed by atoms with E-state index in [2.05, 4.69) is 43.3 Å². The molecular weight excluding hydrogens is 332 g/mol. The Morgan fingerprint density at radius 2 is 1.72 bits per heavy atom. The van der Waals surface area contributed by atoms with E-state index in [1.165, 1.54) is 5.56 Å². The SMILES string of the molecule is Cc1ccc(S[C@@H]2OC(C)[C@@H](O)[C@H](C)C2OCc2ccccc2)cc1. The summed E-state index contributed by atoms with van der Waals surface area (Å²) in [5.74, 6) is 0.00964. The van der Waals surface area contributed by atoms with E-state index in [4.69, 9.17) is 9.47 Å². The van der Waals surface area contributed by atoms with Crippen molar-refractivity contribution in [1.29, 1.82) is 0 Å². The number of aliphatic hydroxyl groups excluding tert-OH is 1. The molecule has 1 aliphatic heterocycles. The van der Waals surface area contributed by atoms with Crippen molar-refractivity contribution in [1.82, 2.24) is 0 Å². The zero-order valence-electron chi connectivity index (χ0n) is 15.0. The minimum atomic E-state index is -0.518. The van der Waals surface area contributed by atoms with Crippen LogP contribution in [0, 0.1) is 12.8 Å². The molecule has 0 aliphatic carbocycles. The Kier molecular flexibility index (Phi) is 6.18. The van der Waals surface area contributed by atoms with E-state index in [-0.39, 0.29) is 23.6 Å². The number of aryl methyl sites for hydroxylation is 1. The van der Waals surface area contributed by atoms with Crippen LogP contribution in [0.15, 0.2) is 59.5 Å². The lowest BCUT2D eigenvalue weighted by molar-refractivity contribution is -0.181. The van der Waals surface area contributed by atoms with Crippen LogP contribution in [0.1, 0.15) is 25.0 Å². The van der Waals surface area contributed by atoms with Gasteiger partial charge in [-0.05, 0) is 31.5 Å². The number of thioether (sulfide) groups is 1. The van der Waals surface area contributed by atoms with Gasteiger partial charge in [-0.15, -0.1) is 0 Å². The summed E-state index contributed by atoms with van der Waals surface area (Å²) in [4.78, 5) is 1.15. The molecule has 134 valence electrons. The van der Waals surface area contributed by atoms with Crippen molar-refractivity contribution in [2.45, 2.75) is 56.0 Å². The Morgan fingerprint density at radius 1 is 1.04 bits per heavy atom. The van der Waals surface area contributed by atoms with Gasteiger partial charge < -0.3 is 14.6 Å². The number of hydrogen-bond donors (Lipinski definition) is 1. The van der Waals surface area contributed by atoms with Gasteiger partial charge in [0.2, 0.25) is 0 Å². The van der Waals surface area contributed by atoms with Crippen LogP contribution in [0.5, 0.6) is 0 Å². The summed E-state index contributed by atoms with van der Waals surface area (Å²) in [6, 6.07) is 18.5. The van der Waals surface area contributed by atoms with Crippen LogP contribution >= 0.6 is 11.8 Å². The highest BCUT2D eigenvalue weighted by Gasteiger charge is 2.42. The van der Waals surface area contributed by atoms with E-state index in [0.29, 0.717) is 6.61 Å². The molecule has 1 fully saturated rings. The van der Waals surface area contributed by atoms with Crippen LogP contribution in [0.2, 0.25) is 0 Å². The van der Waals surface area contributed by atoms with Gasteiger partial charge in [0.15, 0.2) is 0 Å². The van der Waals surface area contributed by atoms with Gasteiger partial charge in [0, 0.05) is 10.8 Å². The standard InChI is InChI=1S/C21H26O3S/c1-14-9-11-18(12-10-14)25-21-20(15(2)19(22)16(3)24-21)23-13-17-7-5-4-6-8-17/h4-12,15-16,19-22H,13H2,1-3H3/t15-,16?,19-,20?,21-/m0/s1. The van der Waals surface area contributed by atoms with Crippen LogP contribution in [-0.2, 0) is 16.1 Å². The van der Waals surface area contributed by atoms with Crippen molar-refractivity contribution >= 4 is 11.8 Å². The van der Waals surface area contributed by atoms with Crippen LogP contribution in [0.4, 0.5) is 0 Å². The maximum atomic E-state index is 10.4. The van der Waals surface area contributed by atoms with Crippen LogP contribution in [0.3, 0.4) is 0 Å². The van der Waals surface area contributed by atoms with Crippen molar-refractivity contribution in [2.75, 3.05) is 0 Å². The minimum Gasteiger partial charge on any atom is -0.390 e. The van der Waals surface area contributed by atoms with Crippen molar-refractivity contribution in [3.63, 3.8) is 0 Å². The van der Waals surface area contributed by atoms with Crippen LogP contribution in [0.25, 0.3) is 0 Å². The van der Waals surface area contributed by atoms with Crippen LogP contribution < -0.4 is 0 Å². The molecule has 2 aromatic rings. The molecule has 2 unspecified atom stereocenters. The lowest BCUT2D eigenvalue weighted by Crippen LogP contribution is -2.51. The van der Waals surface area contributed by atoms with E-state index in [1.54, 1.807) is 11.8 Å². The van der Waals surface area contributed by atoms with E-state index < -0.39 is 6.10 Å². The number of hydrogen-bond acceptors (Lipinski definition) is 4. The molecule has 1 saturated heterocycles. The van der Waals surface area contributed by atoms with Gasteiger partial charge in [0.05, 0.1) is 24.9 Å².